The summed E-state index contributed by atoms with van der Waals surface area (Å²) in [4.78, 5) is 19.6. The lowest BCUT2D eigenvalue weighted by Crippen LogP contribution is -2.61. The fourth-order valence-electron chi connectivity index (χ4n) is 8.70. The zero-order valence-electron chi connectivity index (χ0n) is 19.0. The third kappa shape index (κ3) is 2.57. The molecule has 0 spiro atoms. The van der Waals surface area contributed by atoms with Gasteiger partial charge in [0.1, 0.15) is 23.5 Å². The molecule has 0 bridgehead atoms. The van der Waals surface area contributed by atoms with E-state index in [-0.39, 0.29) is 29.0 Å². The summed E-state index contributed by atoms with van der Waals surface area (Å²) in [5.74, 6) is 2.28. The molecule has 4 fully saturated rings. The summed E-state index contributed by atoms with van der Waals surface area (Å²) >= 11 is 0. The van der Waals surface area contributed by atoms with E-state index >= 15 is 0 Å². The minimum absolute atomic E-state index is 0.0215. The number of hydrogen-bond acceptors (Lipinski definition) is 4. The second kappa shape index (κ2) is 6.66. The highest BCUT2D eigenvalue weighted by molar-refractivity contribution is 6.15. The number of benzene rings is 1. The van der Waals surface area contributed by atoms with Crippen LogP contribution in [-0.2, 0) is 9.63 Å². The summed E-state index contributed by atoms with van der Waals surface area (Å²) in [5.41, 5.74) is 3.13. The van der Waals surface area contributed by atoms with Crippen molar-refractivity contribution in [2.75, 3.05) is 0 Å². The first-order valence-corrected chi connectivity index (χ1v) is 12.4. The number of Topliss-reactive ketones (excluding diaryl/α,β-unsaturated/α-hetero) is 1. The Morgan fingerprint density at radius 1 is 1.03 bits per heavy atom. The summed E-state index contributed by atoms with van der Waals surface area (Å²) in [6, 6.07) is 8.34. The number of aryl methyl sites for hydroxylation is 1. The molecule has 6 rings (SSSR count). The predicted molar refractivity (Wildman–Crippen MR) is 120 cm³/mol. The van der Waals surface area contributed by atoms with Crippen LogP contribution in [0.1, 0.15) is 69.9 Å². The third-order valence-corrected chi connectivity index (χ3v) is 10.5. The van der Waals surface area contributed by atoms with Gasteiger partial charge in [0, 0.05) is 17.4 Å². The Morgan fingerprint density at radius 3 is 2.58 bits per heavy atom. The van der Waals surface area contributed by atoms with Gasteiger partial charge in [-0.25, -0.2) is 0 Å². The first-order valence-electron chi connectivity index (χ1n) is 12.4. The predicted octanol–water partition coefficient (Wildman–Crippen LogP) is 4.91. The molecule has 0 radical (unpaired) electrons. The molecular weight excluding hydrogens is 386 g/mol. The molecule has 1 N–H and O–H groups in total. The normalized spacial score (nSPS) is 48.2. The number of aliphatic hydroxyl groups excluding tert-OH is 1. The molecule has 1 aromatic rings. The van der Waals surface area contributed by atoms with Crippen LogP contribution in [0.4, 0.5) is 0 Å². The molecule has 4 saturated carbocycles. The molecule has 4 heteroatoms. The second-order valence-electron chi connectivity index (χ2n) is 11.7. The highest BCUT2D eigenvalue weighted by Gasteiger charge is 2.66. The fraction of sp³-hybridized carbons (Fsp3) is 0.704. The van der Waals surface area contributed by atoms with Crippen molar-refractivity contribution in [2.45, 2.75) is 77.9 Å². The van der Waals surface area contributed by atoms with E-state index < -0.39 is 0 Å². The molecule has 1 aromatic carbocycles. The van der Waals surface area contributed by atoms with Crippen LogP contribution in [0.15, 0.2) is 29.4 Å². The highest BCUT2D eigenvalue weighted by atomic mass is 16.6. The van der Waals surface area contributed by atoms with E-state index in [0.717, 1.165) is 43.4 Å². The molecule has 0 saturated heterocycles. The molecule has 4 nitrogen and oxygen atoms in total. The van der Waals surface area contributed by atoms with E-state index in [0.29, 0.717) is 35.9 Å². The summed E-state index contributed by atoms with van der Waals surface area (Å²) in [5, 5.41) is 15.3. The second-order valence-corrected chi connectivity index (χ2v) is 11.7. The number of aliphatic hydroxyl groups is 1. The standard InChI is InChI=1S/C27H35NO3/c1-15-4-6-16(7-5-15)24-23-21(29)14-17-8-9-18-19-10-11-22(30)26(19,2)13-12-20(18)27(17,3)25(23)31-28-24/h4-7,17-20,22-23,25,30H,8-14H2,1-3H3/t17-,18-,19-,20-,22-,23+,25-,26-,27-/m0/s1. The van der Waals surface area contributed by atoms with Crippen molar-refractivity contribution in [1.82, 2.24) is 0 Å². The highest BCUT2D eigenvalue weighted by Crippen LogP contribution is 2.67. The zero-order chi connectivity index (χ0) is 21.5. The van der Waals surface area contributed by atoms with E-state index in [9.17, 15) is 9.90 Å². The van der Waals surface area contributed by atoms with Crippen LogP contribution < -0.4 is 0 Å². The van der Waals surface area contributed by atoms with Crippen LogP contribution in [0.3, 0.4) is 0 Å². The van der Waals surface area contributed by atoms with E-state index in [1.165, 1.54) is 12.0 Å². The summed E-state index contributed by atoms with van der Waals surface area (Å²) < 4.78 is 0. The average Bonchev–Trinajstić information content (AvgIpc) is 3.33. The SMILES string of the molecule is Cc1ccc(C2=NO[C@H]3[C@@H]2C(=O)C[C@@H]2CC[C@H]4[C@@H]5CC[C@H](O)[C@@]5(C)CC[C@@H]4[C@]23C)cc1. The fourth-order valence-corrected chi connectivity index (χ4v) is 8.70. The van der Waals surface area contributed by atoms with Crippen molar-refractivity contribution >= 4 is 11.5 Å². The molecule has 1 aliphatic heterocycles. The van der Waals surface area contributed by atoms with Crippen LogP contribution in [0.25, 0.3) is 0 Å². The van der Waals surface area contributed by atoms with Crippen molar-refractivity contribution in [3.63, 3.8) is 0 Å². The Kier molecular flexibility index (Phi) is 4.29. The van der Waals surface area contributed by atoms with E-state index in [2.05, 4.69) is 50.2 Å². The van der Waals surface area contributed by atoms with Crippen molar-refractivity contribution in [2.24, 2.45) is 45.6 Å². The van der Waals surface area contributed by atoms with Gasteiger partial charge in [0.05, 0.1) is 6.10 Å². The number of fused-ring (bicyclic) bond motifs is 7. The van der Waals surface area contributed by atoms with Crippen LogP contribution >= 0.6 is 0 Å². The lowest BCUT2D eigenvalue weighted by atomic mass is 9.43. The van der Waals surface area contributed by atoms with E-state index in [1.54, 1.807) is 0 Å². The zero-order valence-corrected chi connectivity index (χ0v) is 19.0. The topological polar surface area (TPSA) is 58.9 Å². The maximum absolute atomic E-state index is 13.4. The molecular formula is C27H35NO3. The van der Waals surface area contributed by atoms with Crippen molar-refractivity contribution in [1.29, 1.82) is 0 Å². The number of ketones is 1. The quantitative estimate of drug-likeness (QED) is 0.701. The van der Waals surface area contributed by atoms with Crippen molar-refractivity contribution in [3.05, 3.63) is 35.4 Å². The van der Waals surface area contributed by atoms with Gasteiger partial charge in [-0.15, -0.1) is 0 Å². The molecule has 5 aliphatic rings. The van der Waals surface area contributed by atoms with Gasteiger partial charge in [-0.1, -0.05) is 48.8 Å². The number of carbonyl (C=O) groups is 1. The first-order chi connectivity index (χ1) is 14.8. The Labute approximate surface area is 185 Å². The van der Waals surface area contributed by atoms with Gasteiger partial charge >= 0.3 is 0 Å². The molecule has 0 unspecified atom stereocenters. The number of nitrogens with zero attached hydrogens (tertiary/aromatic N) is 1. The summed E-state index contributed by atoms with van der Waals surface area (Å²) in [6.45, 7) is 6.83. The molecule has 4 aliphatic carbocycles. The van der Waals surface area contributed by atoms with Gasteiger partial charge in [-0.05, 0) is 74.5 Å². The van der Waals surface area contributed by atoms with Gasteiger partial charge in [0.2, 0.25) is 0 Å². The monoisotopic (exact) mass is 421 g/mol. The van der Waals surface area contributed by atoms with Crippen LogP contribution in [0.5, 0.6) is 0 Å². The van der Waals surface area contributed by atoms with Crippen molar-refractivity contribution < 1.29 is 14.7 Å². The Morgan fingerprint density at radius 2 is 1.81 bits per heavy atom. The molecule has 31 heavy (non-hydrogen) atoms. The molecule has 9 atom stereocenters. The van der Waals surface area contributed by atoms with E-state index in [4.69, 9.17) is 4.84 Å². The Bertz CT molecular complexity index is 938. The van der Waals surface area contributed by atoms with Crippen molar-refractivity contribution in [3.8, 4) is 0 Å². The van der Waals surface area contributed by atoms with Gasteiger partial charge < -0.3 is 9.94 Å². The molecule has 0 amide bonds. The Balaban J connectivity index is 1.35. The maximum atomic E-state index is 13.4. The van der Waals surface area contributed by atoms with E-state index in [1.807, 2.05) is 0 Å². The lowest BCUT2D eigenvalue weighted by molar-refractivity contribution is -0.186. The summed E-state index contributed by atoms with van der Waals surface area (Å²) in [6.07, 6.45) is 7.03. The summed E-state index contributed by atoms with van der Waals surface area (Å²) in [7, 11) is 0. The molecule has 166 valence electrons. The maximum Gasteiger partial charge on any atom is 0.148 e. The largest absolute Gasteiger partial charge is 0.393 e. The van der Waals surface area contributed by atoms with Gasteiger partial charge in [0.25, 0.3) is 0 Å². The molecule has 0 aromatic heterocycles. The number of hydrogen-bond donors (Lipinski definition) is 1. The third-order valence-electron chi connectivity index (χ3n) is 10.5. The number of carbonyl (C=O) groups excluding carboxylic acids is 1. The minimum Gasteiger partial charge on any atom is -0.393 e. The minimum atomic E-state index is -0.231. The number of oxime groups is 1. The average molecular weight is 422 g/mol. The number of rotatable bonds is 1. The van der Waals surface area contributed by atoms with Crippen LogP contribution in [0, 0.1) is 47.3 Å². The Hall–Kier alpha value is -1.68. The van der Waals surface area contributed by atoms with Crippen LogP contribution in [-0.4, -0.2) is 28.8 Å². The first kappa shape index (κ1) is 20.0. The van der Waals surface area contributed by atoms with Crippen LogP contribution in [0.2, 0.25) is 0 Å². The van der Waals surface area contributed by atoms with Gasteiger partial charge in [0.15, 0.2) is 0 Å². The van der Waals surface area contributed by atoms with Gasteiger partial charge in [-0.2, -0.15) is 0 Å². The lowest BCUT2D eigenvalue weighted by Gasteiger charge is -2.61. The smallest absolute Gasteiger partial charge is 0.148 e. The molecule has 1 heterocycles. The van der Waals surface area contributed by atoms with Gasteiger partial charge in [-0.3, -0.25) is 4.79 Å².